The number of aromatic hydroxyl groups is 2. The first-order valence-electron chi connectivity index (χ1n) is 5.84. The Kier molecular flexibility index (Phi) is 5.45. The number of aliphatic hydroxyl groups is 1. The first-order chi connectivity index (χ1) is 8.56. The van der Waals surface area contributed by atoms with Crippen molar-refractivity contribution < 1.29 is 24.9 Å². The van der Waals surface area contributed by atoms with Crippen LogP contribution in [0.2, 0.25) is 0 Å². The lowest BCUT2D eigenvalue weighted by molar-refractivity contribution is -0.144. The average Bonchev–Trinajstić information content (AvgIpc) is 2.31. The molecule has 0 radical (unpaired) electrons. The molecule has 1 atom stereocenters. The Morgan fingerprint density at radius 2 is 2.11 bits per heavy atom. The summed E-state index contributed by atoms with van der Waals surface area (Å²) in [5.74, 6) is -0.742. The van der Waals surface area contributed by atoms with Crippen molar-refractivity contribution in [2.75, 3.05) is 13.2 Å². The normalized spacial score (nSPS) is 12.1. The van der Waals surface area contributed by atoms with Gasteiger partial charge in [-0.15, -0.1) is 0 Å². The van der Waals surface area contributed by atoms with Crippen LogP contribution in [0.4, 0.5) is 0 Å². The average molecular weight is 254 g/mol. The molecule has 0 bridgehead atoms. The van der Waals surface area contributed by atoms with Crippen LogP contribution in [-0.4, -0.2) is 34.5 Å². The van der Waals surface area contributed by atoms with Crippen molar-refractivity contribution in [3.8, 4) is 11.5 Å². The van der Waals surface area contributed by atoms with Gasteiger partial charge >= 0.3 is 5.97 Å². The molecule has 0 amide bonds. The lowest BCUT2D eigenvalue weighted by Gasteiger charge is -2.14. The van der Waals surface area contributed by atoms with Gasteiger partial charge in [-0.05, 0) is 30.9 Å². The van der Waals surface area contributed by atoms with E-state index in [9.17, 15) is 15.0 Å². The fraction of sp³-hybridized carbons (Fsp3) is 0.462. The van der Waals surface area contributed by atoms with Gasteiger partial charge in [0.25, 0.3) is 0 Å². The second-order valence-electron chi connectivity index (χ2n) is 4.07. The summed E-state index contributed by atoms with van der Waals surface area (Å²) in [5.41, 5.74) is 0.580. The highest BCUT2D eigenvalue weighted by molar-refractivity contribution is 5.69. The SMILES string of the molecule is CCOC(=O)CC(CO)Cc1ccc(O)cc1O. The molecule has 0 aromatic heterocycles. The minimum atomic E-state index is -0.366. The Labute approximate surface area is 106 Å². The van der Waals surface area contributed by atoms with Crippen LogP contribution in [0.15, 0.2) is 18.2 Å². The second-order valence-corrected chi connectivity index (χ2v) is 4.07. The van der Waals surface area contributed by atoms with Gasteiger partial charge < -0.3 is 20.1 Å². The number of aliphatic hydroxyl groups excluding tert-OH is 1. The Balaban J connectivity index is 2.65. The molecule has 3 N–H and O–H groups in total. The van der Waals surface area contributed by atoms with Crippen molar-refractivity contribution in [1.29, 1.82) is 0 Å². The molecule has 1 aromatic carbocycles. The third-order valence-electron chi connectivity index (χ3n) is 2.60. The maximum Gasteiger partial charge on any atom is 0.306 e. The number of ether oxygens (including phenoxy) is 1. The number of phenolic OH excluding ortho intramolecular Hbond substituents is 2. The van der Waals surface area contributed by atoms with Crippen LogP contribution in [-0.2, 0) is 16.0 Å². The van der Waals surface area contributed by atoms with Crippen LogP contribution in [0.25, 0.3) is 0 Å². The summed E-state index contributed by atoms with van der Waals surface area (Å²) in [7, 11) is 0. The van der Waals surface area contributed by atoms with Crippen molar-refractivity contribution in [1.82, 2.24) is 0 Å². The van der Waals surface area contributed by atoms with Gasteiger partial charge in [0.05, 0.1) is 13.0 Å². The number of hydrogen-bond donors (Lipinski definition) is 3. The van der Waals surface area contributed by atoms with Crippen molar-refractivity contribution in [2.24, 2.45) is 5.92 Å². The molecule has 18 heavy (non-hydrogen) atoms. The van der Waals surface area contributed by atoms with Gasteiger partial charge in [-0.2, -0.15) is 0 Å². The molecule has 0 saturated heterocycles. The van der Waals surface area contributed by atoms with Crippen LogP contribution < -0.4 is 0 Å². The predicted octanol–water partition coefficient (Wildman–Crippen LogP) is 1.20. The van der Waals surface area contributed by atoms with E-state index in [0.717, 1.165) is 0 Å². The van der Waals surface area contributed by atoms with E-state index in [4.69, 9.17) is 9.84 Å². The number of hydrogen-bond acceptors (Lipinski definition) is 5. The van der Waals surface area contributed by atoms with Crippen LogP contribution in [0, 0.1) is 5.92 Å². The van der Waals surface area contributed by atoms with E-state index < -0.39 is 0 Å². The maximum absolute atomic E-state index is 11.3. The molecule has 0 saturated carbocycles. The minimum Gasteiger partial charge on any atom is -0.508 e. The highest BCUT2D eigenvalue weighted by Crippen LogP contribution is 2.25. The molecular formula is C13H18O5. The van der Waals surface area contributed by atoms with E-state index in [-0.39, 0.29) is 36.4 Å². The van der Waals surface area contributed by atoms with Gasteiger partial charge in [0.1, 0.15) is 11.5 Å². The fourth-order valence-corrected chi connectivity index (χ4v) is 1.69. The van der Waals surface area contributed by atoms with Gasteiger partial charge in [-0.3, -0.25) is 4.79 Å². The van der Waals surface area contributed by atoms with Gasteiger partial charge in [0, 0.05) is 12.7 Å². The predicted molar refractivity (Wildman–Crippen MR) is 65.3 cm³/mol. The Morgan fingerprint density at radius 3 is 2.67 bits per heavy atom. The van der Waals surface area contributed by atoms with E-state index in [0.29, 0.717) is 18.6 Å². The van der Waals surface area contributed by atoms with E-state index in [1.54, 1.807) is 13.0 Å². The lowest BCUT2D eigenvalue weighted by Crippen LogP contribution is -2.17. The molecule has 5 nitrogen and oxygen atoms in total. The van der Waals surface area contributed by atoms with E-state index in [2.05, 4.69) is 0 Å². The number of carbonyl (C=O) groups is 1. The second kappa shape index (κ2) is 6.86. The molecule has 1 aromatic rings. The molecule has 0 aliphatic rings. The zero-order chi connectivity index (χ0) is 13.5. The van der Waals surface area contributed by atoms with Gasteiger partial charge in [0.15, 0.2) is 0 Å². The van der Waals surface area contributed by atoms with Gasteiger partial charge in [-0.25, -0.2) is 0 Å². The number of benzene rings is 1. The van der Waals surface area contributed by atoms with Crippen molar-refractivity contribution in [2.45, 2.75) is 19.8 Å². The highest BCUT2D eigenvalue weighted by atomic mass is 16.5. The molecule has 0 fully saturated rings. The minimum absolute atomic E-state index is 0.0257. The lowest BCUT2D eigenvalue weighted by atomic mass is 9.96. The summed E-state index contributed by atoms with van der Waals surface area (Å²) in [6.45, 7) is 1.86. The summed E-state index contributed by atoms with van der Waals surface area (Å²) < 4.78 is 4.81. The number of carbonyl (C=O) groups excluding carboxylic acids is 1. The Bertz CT molecular complexity index is 402. The summed E-state index contributed by atoms with van der Waals surface area (Å²) in [6, 6.07) is 4.25. The molecule has 0 spiro atoms. The first-order valence-corrected chi connectivity index (χ1v) is 5.84. The monoisotopic (exact) mass is 254 g/mol. The largest absolute Gasteiger partial charge is 0.508 e. The van der Waals surface area contributed by atoms with Crippen LogP contribution in [0.1, 0.15) is 18.9 Å². The third kappa shape index (κ3) is 4.25. The number of phenols is 2. The zero-order valence-corrected chi connectivity index (χ0v) is 10.3. The molecule has 0 aliphatic heterocycles. The standard InChI is InChI=1S/C13H18O5/c1-2-18-13(17)6-9(8-14)5-10-3-4-11(15)7-12(10)16/h3-4,7,9,14-16H,2,5-6,8H2,1H3. The van der Waals surface area contributed by atoms with E-state index >= 15 is 0 Å². The van der Waals surface area contributed by atoms with Gasteiger partial charge in [0.2, 0.25) is 0 Å². The molecular weight excluding hydrogens is 236 g/mol. The van der Waals surface area contributed by atoms with Crippen molar-refractivity contribution >= 4 is 5.97 Å². The third-order valence-corrected chi connectivity index (χ3v) is 2.60. The van der Waals surface area contributed by atoms with Crippen LogP contribution in [0.5, 0.6) is 11.5 Å². The summed E-state index contributed by atoms with van der Waals surface area (Å²) in [4.78, 5) is 11.3. The van der Waals surface area contributed by atoms with Crippen molar-refractivity contribution in [3.05, 3.63) is 23.8 Å². The Morgan fingerprint density at radius 1 is 1.39 bits per heavy atom. The highest BCUT2D eigenvalue weighted by Gasteiger charge is 2.16. The van der Waals surface area contributed by atoms with Gasteiger partial charge in [-0.1, -0.05) is 6.07 Å². The maximum atomic E-state index is 11.3. The van der Waals surface area contributed by atoms with E-state index in [1.165, 1.54) is 12.1 Å². The summed E-state index contributed by atoms with van der Waals surface area (Å²) in [6.07, 6.45) is 0.450. The number of rotatable bonds is 6. The molecule has 5 heteroatoms. The topological polar surface area (TPSA) is 87.0 Å². The van der Waals surface area contributed by atoms with Crippen molar-refractivity contribution in [3.63, 3.8) is 0 Å². The summed E-state index contributed by atoms with van der Waals surface area (Å²) in [5, 5.41) is 28.0. The molecule has 0 aliphatic carbocycles. The van der Waals surface area contributed by atoms with E-state index in [1.807, 2.05) is 0 Å². The molecule has 100 valence electrons. The van der Waals surface area contributed by atoms with Crippen LogP contribution in [0.3, 0.4) is 0 Å². The smallest absolute Gasteiger partial charge is 0.306 e. The molecule has 0 heterocycles. The zero-order valence-electron chi connectivity index (χ0n) is 10.3. The van der Waals surface area contributed by atoms with Crippen LogP contribution >= 0.6 is 0 Å². The summed E-state index contributed by atoms with van der Waals surface area (Å²) >= 11 is 0. The fourth-order valence-electron chi connectivity index (χ4n) is 1.69. The first kappa shape index (κ1) is 14.3. The Hall–Kier alpha value is -1.75. The molecule has 1 rings (SSSR count). The molecule has 1 unspecified atom stereocenters. The number of esters is 1. The quantitative estimate of drug-likeness (QED) is 0.664.